The minimum atomic E-state index is -1.11. The molecular formula is C14H27NO4. The van der Waals surface area contributed by atoms with Crippen LogP contribution in [0.15, 0.2) is 0 Å². The van der Waals surface area contributed by atoms with Crippen molar-refractivity contribution < 1.29 is 19.4 Å². The predicted octanol–water partition coefficient (Wildman–Crippen LogP) is 1.93. The van der Waals surface area contributed by atoms with E-state index in [0.717, 1.165) is 25.7 Å². The van der Waals surface area contributed by atoms with Gasteiger partial charge in [0.15, 0.2) is 0 Å². The molecule has 0 aliphatic heterocycles. The van der Waals surface area contributed by atoms with Gasteiger partial charge in [-0.25, -0.2) is 0 Å². The Hall–Kier alpha value is -0.650. The van der Waals surface area contributed by atoms with Crippen LogP contribution in [0.1, 0.15) is 51.9 Å². The number of ether oxygens (including phenoxy) is 2. The number of hydrogen-bond acceptors (Lipinski definition) is 4. The summed E-state index contributed by atoms with van der Waals surface area (Å²) < 4.78 is 11.2. The van der Waals surface area contributed by atoms with Crippen LogP contribution in [-0.4, -0.2) is 42.5 Å². The Bertz CT molecular complexity index is 285. The summed E-state index contributed by atoms with van der Waals surface area (Å²) in [5.41, 5.74) is 4.72. The van der Waals surface area contributed by atoms with Gasteiger partial charge in [-0.2, -0.15) is 0 Å². The highest BCUT2D eigenvalue weighted by molar-refractivity contribution is 5.78. The molecule has 0 aromatic heterocycles. The Morgan fingerprint density at radius 3 is 2.68 bits per heavy atom. The monoisotopic (exact) mass is 273 g/mol. The molecule has 112 valence electrons. The Morgan fingerprint density at radius 1 is 1.42 bits per heavy atom. The zero-order chi connectivity index (χ0) is 14.3. The highest BCUT2D eigenvalue weighted by atomic mass is 16.5. The third-order valence-corrected chi connectivity index (χ3v) is 4.09. The molecule has 3 unspecified atom stereocenters. The maximum Gasteiger partial charge on any atom is 0.323 e. The van der Waals surface area contributed by atoms with Gasteiger partial charge in [0.05, 0.1) is 12.2 Å². The van der Waals surface area contributed by atoms with Gasteiger partial charge in [0.1, 0.15) is 5.54 Å². The summed E-state index contributed by atoms with van der Waals surface area (Å²) in [5.74, 6) is -0.924. The van der Waals surface area contributed by atoms with Gasteiger partial charge in [-0.15, -0.1) is 0 Å². The topological polar surface area (TPSA) is 81.8 Å². The van der Waals surface area contributed by atoms with Gasteiger partial charge in [-0.1, -0.05) is 6.92 Å². The first-order chi connectivity index (χ1) is 9.01. The van der Waals surface area contributed by atoms with E-state index < -0.39 is 11.5 Å². The summed E-state index contributed by atoms with van der Waals surface area (Å²) in [7, 11) is 1.74. The number of nitrogens with two attached hydrogens (primary N) is 1. The first kappa shape index (κ1) is 16.4. The van der Waals surface area contributed by atoms with Crippen molar-refractivity contribution in [3.63, 3.8) is 0 Å². The molecule has 1 saturated carbocycles. The number of aliphatic carboxylic acids is 1. The van der Waals surface area contributed by atoms with Gasteiger partial charge in [0.2, 0.25) is 0 Å². The maximum atomic E-state index is 11.0. The Labute approximate surface area is 115 Å². The fourth-order valence-corrected chi connectivity index (χ4v) is 2.54. The van der Waals surface area contributed by atoms with Crippen molar-refractivity contribution in [3.8, 4) is 0 Å². The van der Waals surface area contributed by atoms with E-state index in [1.165, 1.54) is 0 Å². The molecule has 0 amide bonds. The van der Waals surface area contributed by atoms with Crippen molar-refractivity contribution in [3.05, 3.63) is 0 Å². The summed E-state index contributed by atoms with van der Waals surface area (Å²) in [6.07, 6.45) is 6.39. The van der Waals surface area contributed by atoms with E-state index in [4.69, 9.17) is 20.3 Å². The summed E-state index contributed by atoms with van der Waals surface area (Å²) in [5, 5.41) is 9.06. The van der Waals surface area contributed by atoms with Crippen LogP contribution in [-0.2, 0) is 14.3 Å². The van der Waals surface area contributed by atoms with Crippen LogP contribution >= 0.6 is 0 Å². The third-order valence-electron chi connectivity index (χ3n) is 4.09. The quantitative estimate of drug-likeness (QED) is 0.660. The molecule has 5 heteroatoms. The zero-order valence-corrected chi connectivity index (χ0v) is 12.1. The summed E-state index contributed by atoms with van der Waals surface area (Å²) in [6.45, 7) is 2.38. The largest absolute Gasteiger partial charge is 0.480 e. The molecular weight excluding hydrogens is 246 g/mol. The number of carboxylic acid groups (broad SMARTS) is 1. The molecule has 0 aromatic rings. The number of carboxylic acids is 1. The van der Waals surface area contributed by atoms with Gasteiger partial charge in [0, 0.05) is 13.7 Å². The van der Waals surface area contributed by atoms with Crippen LogP contribution < -0.4 is 5.73 Å². The van der Waals surface area contributed by atoms with Crippen molar-refractivity contribution in [1.29, 1.82) is 0 Å². The molecule has 19 heavy (non-hydrogen) atoms. The van der Waals surface area contributed by atoms with E-state index >= 15 is 0 Å². The molecule has 1 rings (SSSR count). The molecule has 0 radical (unpaired) electrons. The zero-order valence-electron chi connectivity index (χ0n) is 12.1. The Balaban J connectivity index is 2.21. The highest BCUT2D eigenvalue weighted by Crippen LogP contribution is 2.23. The molecule has 1 aliphatic carbocycles. The molecule has 5 nitrogen and oxygen atoms in total. The van der Waals surface area contributed by atoms with Crippen LogP contribution in [0.3, 0.4) is 0 Å². The first-order valence-electron chi connectivity index (χ1n) is 7.18. The van der Waals surface area contributed by atoms with E-state index in [1.807, 2.05) is 0 Å². The Kier molecular flexibility index (Phi) is 6.75. The highest BCUT2D eigenvalue weighted by Gasteiger charge is 2.31. The fraction of sp³-hybridized carbons (Fsp3) is 0.929. The molecule has 1 aliphatic rings. The van der Waals surface area contributed by atoms with Crippen LogP contribution in [0, 0.1) is 0 Å². The van der Waals surface area contributed by atoms with Crippen molar-refractivity contribution >= 4 is 5.97 Å². The van der Waals surface area contributed by atoms with Crippen molar-refractivity contribution in [1.82, 2.24) is 0 Å². The fourth-order valence-electron chi connectivity index (χ4n) is 2.54. The number of hydrogen-bond donors (Lipinski definition) is 2. The number of carbonyl (C=O) groups is 1. The minimum absolute atomic E-state index is 0.248. The number of methoxy groups -OCH3 is 1. The van der Waals surface area contributed by atoms with Crippen LogP contribution in [0.4, 0.5) is 0 Å². The predicted molar refractivity (Wildman–Crippen MR) is 73.1 cm³/mol. The van der Waals surface area contributed by atoms with Gasteiger partial charge in [-0.05, 0) is 44.9 Å². The Morgan fingerprint density at radius 2 is 2.11 bits per heavy atom. The smallest absolute Gasteiger partial charge is 0.323 e. The normalized spacial score (nSPS) is 26.9. The number of rotatable bonds is 8. The molecule has 3 atom stereocenters. The van der Waals surface area contributed by atoms with Crippen LogP contribution in [0.25, 0.3) is 0 Å². The van der Waals surface area contributed by atoms with E-state index in [0.29, 0.717) is 32.0 Å². The molecule has 0 aromatic carbocycles. The van der Waals surface area contributed by atoms with Crippen molar-refractivity contribution in [2.45, 2.75) is 69.6 Å². The van der Waals surface area contributed by atoms with E-state index in [-0.39, 0.29) is 6.10 Å². The second-order valence-corrected chi connectivity index (χ2v) is 5.44. The lowest BCUT2D eigenvalue weighted by atomic mass is 9.92. The lowest BCUT2D eigenvalue weighted by Gasteiger charge is -2.29. The summed E-state index contributed by atoms with van der Waals surface area (Å²) in [4.78, 5) is 11.0. The third kappa shape index (κ3) is 5.09. The van der Waals surface area contributed by atoms with Gasteiger partial charge >= 0.3 is 5.97 Å². The second-order valence-electron chi connectivity index (χ2n) is 5.44. The lowest BCUT2D eigenvalue weighted by Crippen LogP contribution is -2.47. The van der Waals surface area contributed by atoms with Gasteiger partial charge in [0.25, 0.3) is 0 Å². The SMILES string of the molecule is CCC(N)(CCCOC1CCCC(OC)C1)C(=O)O. The minimum Gasteiger partial charge on any atom is -0.480 e. The molecule has 3 N–H and O–H groups in total. The average molecular weight is 273 g/mol. The van der Waals surface area contributed by atoms with Crippen LogP contribution in [0.2, 0.25) is 0 Å². The molecule has 0 saturated heterocycles. The van der Waals surface area contributed by atoms with Crippen molar-refractivity contribution in [2.75, 3.05) is 13.7 Å². The standard InChI is InChI=1S/C14H27NO4/c1-3-14(15,13(16)17)8-5-9-19-12-7-4-6-11(10-12)18-2/h11-12H,3-10,15H2,1-2H3,(H,16,17). The summed E-state index contributed by atoms with van der Waals surface area (Å²) >= 11 is 0. The first-order valence-corrected chi connectivity index (χ1v) is 7.18. The van der Waals surface area contributed by atoms with E-state index in [2.05, 4.69) is 0 Å². The maximum absolute atomic E-state index is 11.0. The van der Waals surface area contributed by atoms with Crippen molar-refractivity contribution in [2.24, 2.45) is 5.73 Å². The van der Waals surface area contributed by atoms with E-state index in [1.54, 1.807) is 14.0 Å². The molecule has 1 fully saturated rings. The molecule has 0 heterocycles. The van der Waals surface area contributed by atoms with Crippen LogP contribution in [0.5, 0.6) is 0 Å². The average Bonchev–Trinajstić information content (AvgIpc) is 2.43. The lowest BCUT2D eigenvalue weighted by molar-refractivity contribution is -0.144. The second kappa shape index (κ2) is 7.82. The van der Waals surface area contributed by atoms with Gasteiger partial charge in [-0.3, -0.25) is 4.79 Å². The van der Waals surface area contributed by atoms with E-state index in [9.17, 15) is 4.79 Å². The molecule has 0 bridgehead atoms. The summed E-state index contributed by atoms with van der Waals surface area (Å²) in [6, 6.07) is 0. The van der Waals surface area contributed by atoms with Gasteiger partial charge < -0.3 is 20.3 Å². The molecule has 0 spiro atoms.